The Kier molecular flexibility index (Phi) is 7.38. The van der Waals surface area contributed by atoms with E-state index in [1.165, 1.54) is 6.07 Å². The minimum Gasteiger partial charge on any atom is -0.491 e. The van der Waals surface area contributed by atoms with E-state index in [-0.39, 0.29) is 18.5 Å². The third-order valence-corrected chi connectivity index (χ3v) is 3.60. The first kappa shape index (κ1) is 19.7. The fourth-order valence-corrected chi connectivity index (χ4v) is 2.38. The van der Waals surface area contributed by atoms with Crippen LogP contribution in [0, 0.1) is 12.7 Å². The molecule has 0 saturated heterocycles. The van der Waals surface area contributed by atoms with Crippen LogP contribution < -0.4 is 15.4 Å². The SMILES string of the molecule is CCNC(=NCc1ccc(C)cc1OC(C)C)NCc1ncccc1F. The molecular weight excluding hydrogens is 331 g/mol. The average Bonchev–Trinajstić information content (AvgIpc) is 2.59. The molecule has 0 aliphatic carbocycles. The first-order valence-electron chi connectivity index (χ1n) is 8.87. The van der Waals surface area contributed by atoms with Crippen molar-refractivity contribution in [3.05, 3.63) is 59.2 Å². The van der Waals surface area contributed by atoms with Gasteiger partial charge in [0.25, 0.3) is 0 Å². The summed E-state index contributed by atoms with van der Waals surface area (Å²) in [6.07, 6.45) is 1.67. The molecule has 0 atom stereocenters. The van der Waals surface area contributed by atoms with Gasteiger partial charge in [-0.15, -0.1) is 0 Å². The molecule has 6 heteroatoms. The summed E-state index contributed by atoms with van der Waals surface area (Å²) in [5, 5.41) is 6.28. The summed E-state index contributed by atoms with van der Waals surface area (Å²) in [6.45, 7) is 9.46. The maximum atomic E-state index is 13.7. The van der Waals surface area contributed by atoms with Crippen molar-refractivity contribution in [2.24, 2.45) is 4.99 Å². The Hall–Kier alpha value is -2.63. The second-order valence-electron chi connectivity index (χ2n) is 6.26. The highest BCUT2D eigenvalue weighted by Crippen LogP contribution is 2.22. The van der Waals surface area contributed by atoms with Crippen LogP contribution in [0.4, 0.5) is 4.39 Å². The molecule has 0 saturated carbocycles. The molecule has 2 rings (SSSR count). The van der Waals surface area contributed by atoms with Gasteiger partial charge in [0.1, 0.15) is 11.6 Å². The standard InChI is InChI=1S/C20H27FN4O/c1-5-22-20(25-13-18-17(21)7-6-10-23-18)24-12-16-9-8-15(4)11-19(16)26-14(2)3/h6-11,14H,5,12-13H2,1-4H3,(H2,22,24,25). The number of ether oxygens (including phenoxy) is 1. The third kappa shape index (κ3) is 6.02. The number of aliphatic imine (C=N–C) groups is 1. The molecule has 0 bridgehead atoms. The fraction of sp³-hybridized carbons (Fsp3) is 0.400. The zero-order chi connectivity index (χ0) is 18.9. The van der Waals surface area contributed by atoms with Crippen molar-refractivity contribution in [1.29, 1.82) is 0 Å². The quantitative estimate of drug-likeness (QED) is 0.587. The Morgan fingerprint density at radius 1 is 1.27 bits per heavy atom. The summed E-state index contributed by atoms with van der Waals surface area (Å²) in [5.41, 5.74) is 2.51. The van der Waals surface area contributed by atoms with Crippen LogP contribution in [0.25, 0.3) is 0 Å². The molecule has 2 aromatic rings. The Morgan fingerprint density at radius 3 is 2.77 bits per heavy atom. The molecule has 1 aromatic carbocycles. The highest BCUT2D eigenvalue weighted by molar-refractivity contribution is 5.79. The lowest BCUT2D eigenvalue weighted by Crippen LogP contribution is -2.37. The van der Waals surface area contributed by atoms with Crippen molar-refractivity contribution >= 4 is 5.96 Å². The van der Waals surface area contributed by atoms with E-state index in [1.54, 1.807) is 12.3 Å². The Labute approximate surface area is 154 Å². The Morgan fingerprint density at radius 2 is 2.08 bits per heavy atom. The summed E-state index contributed by atoms with van der Waals surface area (Å²) in [7, 11) is 0. The molecule has 5 nitrogen and oxygen atoms in total. The van der Waals surface area contributed by atoms with Crippen molar-refractivity contribution in [2.75, 3.05) is 6.54 Å². The van der Waals surface area contributed by atoms with E-state index >= 15 is 0 Å². The maximum Gasteiger partial charge on any atom is 0.191 e. The van der Waals surface area contributed by atoms with Gasteiger partial charge in [0.05, 0.1) is 24.9 Å². The summed E-state index contributed by atoms with van der Waals surface area (Å²) >= 11 is 0. The zero-order valence-electron chi connectivity index (χ0n) is 15.8. The van der Waals surface area contributed by atoms with Crippen molar-refractivity contribution < 1.29 is 9.13 Å². The number of guanidine groups is 1. The number of nitrogens with zero attached hydrogens (tertiary/aromatic N) is 2. The predicted molar refractivity (Wildman–Crippen MR) is 103 cm³/mol. The van der Waals surface area contributed by atoms with Gasteiger partial charge >= 0.3 is 0 Å². The highest BCUT2D eigenvalue weighted by Gasteiger charge is 2.08. The summed E-state index contributed by atoms with van der Waals surface area (Å²) in [4.78, 5) is 8.64. The minimum absolute atomic E-state index is 0.0954. The van der Waals surface area contributed by atoms with E-state index < -0.39 is 0 Å². The number of pyridine rings is 1. The number of aromatic nitrogens is 1. The monoisotopic (exact) mass is 358 g/mol. The van der Waals surface area contributed by atoms with Crippen molar-refractivity contribution in [3.8, 4) is 5.75 Å². The Bertz CT molecular complexity index is 746. The topological polar surface area (TPSA) is 58.5 Å². The van der Waals surface area contributed by atoms with Crippen LogP contribution in [-0.2, 0) is 13.1 Å². The average molecular weight is 358 g/mol. The van der Waals surface area contributed by atoms with Gasteiger partial charge in [0, 0.05) is 18.3 Å². The molecule has 0 aliphatic heterocycles. The van der Waals surface area contributed by atoms with Crippen LogP contribution in [0.3, 0.4) is 0 Å². The molecule has 140 valence electrons. The molecule has 0 aliphatic rings. The lowest BCUT2D eigenvalue weighted by Gasteiger charge is -2.15. The molecule has 0 fully saturated rings. The van der Waals surface area contributed by atoms with E-state index in [9.17, 15) is 4.39 Å². The third-order valence-electron chi connectivity index (χ3n) is 3.60. The maximum absolute atomic E-state index is 13.7. The van der Waals surface area contributed by atoms with Gasteiger partial charge in [0.15, 0.2) is 5.96 Å². The zero-order valence-corrected chi connectivity index (χ0v) is 15.8. The van der Waals surface area contributed by atoms with E-state index in [0.717, 1.165) is 16.9 Å². The van der Waals surface area contributed by atoms with E-state index in [1.807, 2.05) is 45.9 Å². The molecular formula is C20H27FN4O. The van der Waals surface area contributed by atoms with E-state index in [2.05, 4.69) is 20.6 Å². The van der Waals surface area contributed by atoms with Crippen LogP contribution >= 0.6 is 0 Å². The first-order valence-corrected chi connectivity index (χ1v) is 8.87. The molecule has 0 unspecified atom stereocenters. The largest absolute Gasteiger partial charge is 0.491 e. The normalized spacial score (nSPS) is 11.5. The van der Waals surface area contributed by atoms with Gasteiger partial charge in [-0.3, -0.25) is 4.98 Å². The number of nitrogens with one attached hydrogen (secondary N) is 2. The van der Waals surface area contributed by atoms with Crippen molar-refractivity contribution in [2.45, 2.75) is 46.9 Å². The number of halogens is 1. The van der Waals surface area contributed by atoms with E-state index in [4.69, 9.17) is 4.74 Å². The van der Waals surface area contributed by atoms with Gasteiger partial charge < -0.3 is 15.4 Å². The van der Waals surface area contributed by atoms with Crippen molar-refractivity contribution in [3.63, 3.8) is 0 Å². The minimum atomic E-state index is -0.331. The van der Waals surface area contributed by atoms with Crippen LogP contribution in [-0.4, -0.2) is 23.6 Å². The molecule has 0 spiro atoms. The molecule has 1 aromatic heterocycles. The van der Waals surface area contributed by atoms with Gasteiger partial charge in [-0.05, 0) is 51.5 Å². The highest BCUT2D eigenvalue weighted by atomic mass is 19.1. The summed E-state index contributed by atoms with van der Waals surface area (Å²) in [6, 6.07) is 9.07. The molecule has 0 amide bonds. The smallest absolute Gasteiger partial charge is 0.191 e. The summed E-state index contributed by atoms with van der Waals surface area (Å²) < 4.78 is 19.6. The molecule has 26 heavy (non-hydrogen) atoms. The second-order valence-corrected chi connectivity index (χ2v) is 6.26. The van der Waals surface area contributed by atoms with Gasteiger partial charge in [-0.25, -0.2) is 9.38 Å². The van der Waals surface area contributed by atoms with Gasteiger partial charge in [-0.1, -0.05) is 12.1 Å². The lowest BCUT2D eigenvalue weighted by molar-refractivity contribution is 0.240. The second kappa shape index (κ2) is 9.75. The predicted octanol–water partition coefficient (Wildman–Crippen LogP) is 3.57. The lowest BCUT2D eigenvalue weighted by atomic mass is 10.1. The van der Waals surface area contributed by atoms with Gasteiger partial charge in [0.2, 0.25) is 0 Å². The van der Waals surface area contributed by atoms with E-state index in [0.29, 0.717) is 24.7 Å². The molecule has 2 N–H and O–H groups in total. The van der Waals surface area contributed by atoms with Crippen LogP contribution in [0.2, 0.25) is 0 Å². The molecule has 0 radical (unpaired) electrons. The fourth-order valence-electron chi connectivity index (χ4n) is 2.38. The Balaban J connectivity index is 2.10. The van der Waals surface area contributed by atoms with Crippen LogP contribution in [0.5, 0.6) is 5.75 Å². The number of aryl methyl sites for hydroxylation is 1. The van der Waals surface area contributed by atoms with Crippen molar-refractivity contribution in [1.82, 2.24) is 15.6 Å². The van der Waals surface area contributed by atoms with Gasteiger partial charge in [-0.2, -0.15) is 0 Å². The summed E-state index contributed by atoms with van der Waals surface area (Å²) in [5.74, 6) is 1.12. The first-order chi connectivity index (χ1) is 12.5. The van der Waals surface area contributed by atoms with Crippen LogP contribution in [0.1, 0.15) is 37.6 Å². The number of rotatable bonds is 7. The molecule has 1 heterocycles. The van der Waals surface area contributed by atoms with Crippen LogP contribution in [0.15, 0.2) is 41.5 Å². The number of benzene rings is 1. The number of hydrogen-bond acceptors (Lipinski definition) is 3. The number of hydrogen-bond donors (Lipinski definition) is 2.